The van der Waals surface area contributed by atoms with Crippen LogP contribution in [-0.4, -0.2) is 40.7 Å². The summed E-state index contributed by atoms with van der Waals surface area (Å²) in [6, 6.07) is 16.5. The van der Waals surface area contributed by atoms with Crippen molar-refractivity contribution in [3.63, 3.8) is 0 Å². The smallest absolute Gasteiger partial charge is 0.278 e. The predicted molar refractivity (Wildman–Crippen MR) is 124 cm³/mol. The van der Waals surface area contributed by atoms with Crippen molar-refractivity contribution in [3.8, 4) is 0 Å². The van der Waals surface area contributed by atoms with Gasteiger partial charge in [-0.15, -0.1) is 0 Å². The monoisotopic (exact) mass is 416 g/mol. The third-order valence-corrected chi connectivity index (χ3v) is 6.70. The lowest BCUT2D eigenvalue weighted by molar-refractivity contribution is -0.139. The third-order valence-electron chi connectivity index (χ3n) is 6.70. The van der Waals surface area contributed by atoms with Crippen LogP contribution in [0.5, 0.6) is 0 Å². The summed E-state index contributed by atoms with van der Waals surface area (Å²) in [6.45, 7) is 9.55. The van der Waals surface area contributed by atoms with Gasteiger partial charge in [-0.25, -0.2) is 0 Å². The van der Waals surface area contributed by atoms with E-state index in [2.05, 4.69) is 49.1 Å². The van der Waals surface area contributed by atoms with Crippen LogP contribution in [0.25, 0.3) is 5.57 Å². The largest absolute Gasteiger partial charge is 0.366 e. The number of rotatable bonds is 5. The molecule has 31 heavy (non-hydrogen) atoms. The van der Waals surface area contributed by atoms with Crippen LogP contribution in [0.15, 0.2) is 54.2 Å². The average Bonchev–Trinajstić information content (AvgIpc) is 3.01. The van der Waals surface area contributed by atoms with Crippen LogP contribution in [0, 0.1) is 19.8 Å². The average molecular weight is 417 g/mol. The van der Waals surface area contributed by atoms with Gasteiger partial charge in [-0.3, -0.25) is 14.5 Å². The number of aryl methyl sites for hydroxylation is 2. The highest BCUT2D eigenvalue weighted by atomic mass is 16.2. The van der Waals surface area contributed by atoms with Crippen molar-refractivity contribution >= 4 is 17.4 Å². The van der Waals surface area contributed by atoms with Crippen LogP contribution in [0.2, 0.25) is 0 Å². The first kappa shape index (κ1) is 21.4. The minimum Gasteiger partial charge on any atom is -0.366 e. The fourth-order valence-electron chi connectivity index (χ4n) is 4.76. The summed E-state index contributed by atoms with van der Waals surface area (Å²) in [7, 11) is 0. The molecule has 2 aliphatic rings. The lowest BCUT2D eigenvalue weighted by Gasteiger charge is -2.34. The van der Waals surface area contributed by atoms with Gasteiger partial charge in [0, 0.05) is 19.1 Å². The first-order chi connectivity index (χ1) is 14.9. The van der Waals surface area contributed by atoms with E-state index >= 15 is 0 Å². The molecule has 2 amide bonds. The van der Waals surface area contributed by atoms with Crippen molar-refractivity contribution in [2.75, 3.05) is 13.1 Å². The Balaban J connectivity index is 1.61. The predicted octanol–water partition coefficient (Wildman–Crippen LogP) is 4.75. The molecule has 4 heteroatoms. The zero-order valence-corrected chi connectivity index (χ0v) is 19.0. The van der Waals surface area contributed by atoms with E-state index in [1.807, 2.05) is 32.0 Å². The summed E-state index contributed by atoms with van der Waals surface area (Å²) in [5.41, 5.74) is 5.71. The van der Waals surface area contributed by atoms with Crippen LogP contribution in [0.4, 0.5) is 0 Å². The van der Waals surface area contributed by atoms with Gasteiger partial charge in [0.1, 0.15) is 5.70 Å². The minimum absolute atomic E-state index is 0.144. The molecule has 0 saturated carbocycles. The molecular weight excluding hydrogens is 384 g/mol. The number of amides is 2. The topological polar surface area (TPSA) is 40.6 Å². The van der Waals surface area contributed by atoms with E-state index in [9.17, 15) is 9.59 Å². The Morgan fingerprint density at radius 1 is 0.903 bits per heavy atom. The first-order valence-corrected chi connectivity index (χ1v) is 11.4. The number of carbonyl (C=O) groups is 2. The van der Waals surface area contributed by atoms with Gasteiger partial charge in [0.2, 0.25) is 0 Å². The van der Waals surface area contributed by atoms with Crippen molar-refractivity contribution in [2.45, 2.75) is 53.0 Å². The summed E-state index contributed by atoms with van der Waals surface area (Å²) in [5, 5.41) is 0. The quantitative estimate of drug-likeness (QED) is 0.661. The fourth-order valence-corrected chi connectivity index (χ4v) is 4.76. The summed E-state index contributed by atoms with van der Waals surface area (Å²) < 4.78 is 0. The zero-order chi connectivity index (χ0) is 22.1. The number of hydrogen-bond acceptors (Lipinski definition) is 3. The maximum atomic E-state index is 13.4. The van der Waals surface area contributed by atoms with Crippen molar-refractivity contribution in [2.24, 2.45) is 5.92 Å². The van der Waals surface area contributed by atoms with E-state index in [0.29, 0.717) is 17.2 Å². The number of nitrogens with zero attached hydrogens (tertiary/aromatic N) is 2. The molecule has 4 nitrogen and oxygen atoms in total. The molecule has 0 bridgehead atoms. The molecule has 162 valence electrons. The molecule has 2 aliphatic heterocycles. The second-order valence-electron chi connectivity index (χ2n) is 9.22. The summed E-state index contributed by atoms with van der Waals surface area (Å²) in [4.78, 5) is 30.3. The van der Waals surface area contributed by atoms with E-state index in [-0.39, 0.29) is 17.9 Å². The molecule has 2 aromatic rings. The van der Waals surface area contributed by atoms with Crippen LogP contribution in [0.3, 0.4) is 0 Å². The molecule has 0 N–H and O–H groups in total. The van der Waals surface area contributed by atoms with Gasteiger partial charge >= 0.3 is 0 Å². The van der Waals surface area contributed by atoms with Gasteiger partial charge in [-0.05, 0) is 75.1 Å². The van der Waals surface area contributed by atoms with Crippen LogP contribution in [0.1, 0.15) is 48.9 Å². The molecule has 1 fully saturated rings. The summed E-state index contributed by atoms with van der Waals surface area (Å²) >= 11 is 0. The Morgan fingerprint density at radius 3 is 2.19 bits per heavy atom. The Hall–Kier alpha value is -2.88. The minimum atomic E-state index is -0.162. The maximum absolute atomic E-state index is 13.4. The number of hydrogen-bond donors (Lipinski definition) is 0. The lowest BCUT2D eigenvalue weighted by Crippen LogP contribution is -2.41. The summed E-state index contributed by atoms with van der Waals surface area (Å²) in [5.74, 6) is 0.303. The summed E-state index contributed by atoms with van der Waals surface area (Å²) in [6.07, 6.45) is 3.13. The highest BCUT2D eigenvalue weighted by Gasteiger charge is 2.43. The molecule has 4 rings (SSSR count). The number of likely N-dealkylation sites (tertiary alicyclic amines) is 1. The lowest BCUT2D eigenvalue weighted by atomic mass is 9.89. The molecule has 1 saturated heterocycles. The normalized spacial score (nSPS) is 18.0. The Kier molecular flexibility index (Phi) is 5.99. The van der Waals surface area contributed by atoms with Crippen LogP contribution < -0.4 is 0 Å². The van der Waals surface area contributed by atoms with Crippen LogP contribution >= 0.6 is 0 Å². The maximum Gasteiger partial charge on any atom is 0.278 e. The van der Waals surface area contributed by atoms with Crippen molar-refractivity contribution in [1.82, 2.24) is 9.80 Å². The van der Waals surface area contributed by atoms with Crippen molar-refractivity contribution < 1.29 is 9.59 Å². The van der Waals surface area contributed by atoms with Gasteiger partial charge in [0.15, 0.2) is 0 Å². The Labute approximate surface area is 185 Å². The highest BCUT2D eigenvalue weighted by Crippen LogP contribution is 2.35. The molecule has 0 radical (unpaired) electrons. The highest BCUT2D eigenvalue weighted by molar-refractivity contribution is 6.35. The molecule has 2 heterocycles. The molecule has 2 aromatic carbocycles. The second-order valence-corrected chi connectivity index (χ2v) is 9.22. The number of imide groups is 1. The fraction of sp³-hybridized carbons (Fsp3) is 0.407. The van der Waals surface area contributed by atoms with Crippen molar-refractivity contribution in [1.29, 1.82) is 0 Å². The van der Waals surface area contributed by atoms with E-state index in [1.165, 1.54) is 16.0 Å². The van der Waals surface area contributed by atoms with Gasteiger partial charge in [-0.1, -0.05) is 48.5 Å². The second kappa shape index (κ2) is 8.70. The van der Waals surface area contributed by atoms with E-state index in [1.54, 1.807) is 0 Å². The van der Waals surface area contributed by atoms with Gasteiger partial charge < -0.3 is 4.90 Å². The van der Waals surface area contributed by atoms with Gasteiger partial charge in [0.25, 0.3) is 11.8 Å². The SMILES string of the molecule is Cc1ccc(C2=C(N3CCC(Cc4ccccc4)CC3)C(=O)N(C(C)C)C2=O)cc1C. The Bertz CT molecular complexity index is 1010. The van der Waals surface area contributed by atoms with Gasteiger partial charge in [0.05, 0.1) is 5.57 Å². The molecule has 0 spiro atoms. The standard InChI is InChI=1S/C27H32N2O2/c1-18(2)29-26(30)24(23-11-10-19(3)20(4)16-23)25(27(29)31)28-14-12-22(13-15-28)17-21-8-6-5-7-9-21/h5-11,16,18,22H,12-15,17H2,1-4H3. The van der Waals surface area contributed by atoms with Gasteiger partial charge in [-0.2, -0.15) is 0 Å². The van der Waals surface area contributed by atoms with Crippen molar-refractivity contribution in [3.05, 3.63) is 76.5 Å². The zero-order valence-electron chi connectivity index (χ0n) is 19.0. The molecule has 0 atom stereocenters. The van der Waals surface area contributed by atoms with Crippen LogP contribution in [-0.2, 0) is 16.0 Å². The number of piperidine rings is 1. The molecule has 0 aliphatic carbocycles. The van der Waals surface area contributed by atoms with E-state index in [0.717, 1.165) is 43.5 Å². The Morgan fingerprint density at radius 2 is 1.58 bits per heavy atom. The third kappa shape index (κ3) is 4.16. The number of carbonyl (C=O) groups excluding carboxylic acids is 2. The first-order valence-electron chi connectivity index (χ1n) is 11.4. The van der Waals surface area contributed by atoms with E-state index < -0.39 is 0 Å². The molecule has 0 aromatic heterocycles. The molecule has 0 unspecified atom stereocenters. The van der Waals surface area contributed by atoms with E-state index in [4.69, 9.17) is 0 Å². The number of benzene rings is 2. The molecular formula is C27H32N2O2.